The summed E-state index contributed by atoms with van der Waals surface area (Å²) in [5.41, 5.74) is -0.0458. The molecule has 0 aliphatic heterocycles. The number of hydrogen-bond acceptors (Lipinski definition) is 3. The zero-order valence-electron chi connectivity index (χ0n) is 10.8. The molecule has 16 heavy (non-hydrogen) atoms. The van der Waals surface area contributed by atoms with Crippen LogP contribution >= 0.6 is 0 Å². The lowest BCUT2D eigenvalue weighted by molar-refractivity contribution is -0.120. The third-order valence-corrected chi connectivity index (χ3v) is 3.26. The van der Waals surface area contributed by atoms with Gasteiger partial charge in [0.2, 0.25) is 15.9 Å². The Labute approximate surface area is 98.9 Å². The van der Waals surface area contributed by atoms with Crippen LogP contribution in [-0.4, -0.2) is 20.1 Å². The summed E-state index contributed by atoms with van der Waals surface area (Å²) < 4.78 is 25.2. The molecular weight excluding hydrogens is 226 g/mol. The molecule has 96 valence electrons. The highest BCUT2D eigenvalue weighted by Gasteiger charge is 2.19. The number of rotatable bonds is 5. The van der Waals surface area contributed by atoms with Gasteiger partial charge in [-0.1, -0.05) is 34.6 Å². The smallest absolute Gasteiger partial charge is 0.234 e. The highest BCUT2D eigenvalue weighted by Crippen LogP contribution is 2.18. The fourth-order valence-corrected chi connectivity index (χ4v) is 2.49. The van der Waals surface area contributed by atoms with E-state index in [1.165, 1.54) is 0 Å². The van der Waals surface area contributed by atoms with Crippen LogP contribution in [0.25, 0.3) is 0 Å². The minimum Gasteiger partial charge on any atom is -0.274 e. The van der Waals surface area contributed by atoms with Crippen molar-refractivity contribution in [2.75, 3.05) is 5.75 Å². The van der Waals surface area contributed by atoms with Crippen molar-refractivity contribution in [1.82, 2.24) is 4.72 Å². The summed E-state index contributed by atoms with van der Waals surface area (Å²) >= 11 is 0. The minimum absolute atomic E-state index is 0.000333. The van der Waals surface area contributed by atoms with Gasteiger partial charge in [0.05, 0.1) is 5.75 Å². The molecule has 0 aliphatic rings. The fraction of sp³-hybridized carbons (Fsp3) is 0.909. The van der Waals surface area contributed by atoms with Gasteiger partial charge in [-0.05, 0) is 17.8 Å². The van der Waals surface area contributed by atoms with Crippen LogP contribution in [0.15, 0.2) is 0 Å². The number of hydrogen-bond donors (Lipinski definition) is 1. The summed E-state index contributed by atoms with van der Waals surface area (Å²) in [6, 6.07) is 0. The van der Waals surface area contributed by atoms with E-state index in [0.29, 0.717) is 6.42 Å². The first-order valence-electron chi connectivity index (χ1n) is 5.55. The second-order valence-electron chi connectivity index (χ2n) is 5.75. The Kier molecular flexibility index (Phi) is 5.46. The van der Waals surface area contributed by atoms with E-state index >= 15 is 0 Å². The number of carbonyl (C=O) groups is 1. The molecule has 0 radical (unpaired) electrons. The van der Waals surface area contributed by atoms with Gasteiger partial charge >= 0.3 is 0 Å². The van der Waals surface area contributed by atoms with E-state index in [1.54, 1.807) is 0 Å². The third kappa shape index (κ3) is 8.71. The zero-order chi connectivity index (χ0) is 13.0. The molecule has 0 spiro atoms. The summed E-state index contributed by atoms with van der Waals surface area (Å²) in [5, 5.41) is 0. The number of carbonyl (C=O) groups excluding carboxylic acids is 1. The van der Waals surface area contributed by atoms with Crippen molar-refractivity contribution < 1.29 is 13.2 Å². The van der Waals surface area contributed by atoms with Gasteiger partial charge < -0.3 is 0 Å². The average Bonchev–Trinajstić information content (AvgIpc) is 1.96. The van der Waals surface area contributed by atoms with Crippen LogP contribution in [0.1, 0.15) is 47.5 Å². The van der Waals surface area contributed by atoms with Crippen LogP contribution in [0.5, 0.6) is 0 Å². The largest absolute Gasteiger partial charge is 0.274 e. The lowest BCUT2D eigenvalue weighted by Gasteiger charge is -2.17. The molecule has 0 saturated heterocycles. The summed E-state index contributed by atoms with van der Waals surface area (Å²) in [6.45, 7) is 9.66. The minimum atomic E-state index is -3.46. The third-order valence-electron chi connectivity index (χ3n) is 1.98. The zero-order valence-corrected chi connectivity index (χ0v) is 11.6. The molecule has 0 aromatic rings. The molecule has 5 heteroatoms. The van der Waals surface area contributed by atoms with Crippen molar-refractivity contribution in [2.45, 2.75) is 47.5 Å². The maximum atomic E-state index is 11.5. The number of amides is 1. The molecule has 0 atom stereocenters. The van der Waals surface area contributed by atoms with Crippen LogP contribution in [0, 0.1) is 11.3 Å². The van der Waals surface area contributed by atoms with E-state index < -0.39 is 15.9 Å². The van der Waals surface area contributed by atoms with E-state index in [9.17, 15) is 13.2 Å². The van der Waals surface area contributed by atoms with Crippen LogP contribution in [-0.2, 0) is 14.8 Å². The SMILES string of the molecule is CC(C)CC(=O)NS(=O)(=O)CCC(C)(C)C. The quantitative estimate of drug-likeness (QED) is 0.809. The van der Waals surface area contributed by atoms with Crippen LogP contribution in [0.2, 0.25) is 0 Å². The predicted molar refractivity (Wildman–Crippen MR) is 65.5 cm³/mol. The monoisotopic (exact) mass is 249 g/mol. The Morgan fingerprint density at radius 3 is 2.12 bits per heavy atom. The van der Waals surface area contributed by atoms with Crippen LogP contribution in [0.4, 0.5) is 0 Å². The molecule has 1 N–H and O–H groups in total. The summed E-state index contributed by atoms with van der Waals surface area (Å²) in [7, 11) is -3.46. The number of sulfonamides is 1. The van der Waals surface area contributed by atoms with Gasteiger partial charge in [-0.25, -0.2) is 8.42 Å². The molecule has 1 amide bonds. The molecular formula is C11H23NO3S. The lowest BCUT2D eigenvalue weighted by atomic mass is 9.94. The topological polar surface area (TPSA) is 63.2 Å². The van der Waals surface area contributed by atoms with Gasteiger partial charge in [0.1, 0.15) is 0 Å². The first kappa shape index (κ1) is 15.4. The summed E-state index contributed by atoms with van der Waals surface area (Å²) in [4.78, 5) is 11.3. The van der Waals surface area contributed by atoms with Crippen molar-refractivity contribution >= 4 is 15.9 Å². The van der Waals surface area contributed by atoms with E-state index in [1.807, 2.05) is 34.6 Å². The maximum absolute atomic E-state index is 11.5. The Hall–Kier alpha value is -0.580. The molecule has 0 rings (SSSR count). The molecule has 4 nitrogen and oxygen atoms in total. The molecule has 0 aromatic heterocycles. The Bertz CT molecular complexity index is 326. The van der Waals surface area contributed by atoms with E-state index in [0.717, 1.165) is 0 Å². The van der Waals surface area contributed by atoms with Crippen molar-refractivity contribution in [3.63, 3.8) is 0 Å². The summed E-state index contributed by atoms with van der Waals surface area (Å²) in [5.74, 6) is -0.248. The van der Waals surface area contributed by atoms with Gasteiger partial charge in [0, 0.05) is 6.42 Å². The normalized spacial score (nSPS) is 12.9. The average molecular weight is 249 g/mol. The van der Waals surface area contributed by atoms with Crippen molar-refractivity contribution in [1.29, 1.82) is 0 Å². The summed E-state index contributed by atoms with van der Waals surface area (Å²) in [6.07, 6.45) is 0.784. The van der Waals surface area contributed by atoms with Gasteiger partial charge in [-0.2, -0.15) is 0 Å². The Morgan fingerprint density at radius 2 is 1.75 bits per heavy atom. The Morgan fingerprint density at radius 1 is 1.25 bits per heavy atom. The number of nitrogens with one attached hydrogen (secondary N) is 1. The molecule has 0 bridgehead atoms. The molecule has 0 unspecified atom stereocenters. The first-order chi connectivity index (χ1) is 7.02. The molecule has 0 fully saturated rings. The highest BCUT2D eigenvalue weighted by molar-refractivity contribution is 7.90. The van der Waals surface area contributed by atoms with Gasteiger partial charge in [0.15, 0.2) is 0 Å². The molecule has 0 saturated carbocycles. The van der Waals surface area contributed by atoms with Gasteiger partial charge in [0.25, 0.3) is 0 Å². The molecule has 0 aromatic carbocycles. The fourth-order valence-electron chi connectivity index (χ4n) is 1.08. The lowest BCUT2D eigenvalue weighted by Crippen LogP contribution is -2.34. The maximum Gasteiger partial charge on any atom is 0.234 e. The van der Waals surface area contributed by atoms with Crippen molar-refractivity contribution in [3.05, 3.63) is 0 Å². The van der Waals surface area contributed by atoms with E-state index in [4.69, 9.17) is 0 Å². The molecule has 0 heterocycles. The molecule has 0 aliphatic carbocycles. The predicted octanol–water partition coefficient (Wildman–Crippen LogP) is 1.91. The second kappa shape index (κ2) is 5.66. The van der Waals surface area contributed by atoms with Gasteiger partial charge in [-0.15, -0.1) is 0 Å². The van der Waals surface area contributed by atoms with Crippen molar-refractivity contribution in [3.8, 4) is 0 Å². The van der Waals surface area contributed by atoms with Crippen LogP contribution < -0.4 is 4.72 Å². The standard InChI is InChI=1S/C11H23NO3S/c1-9(2)8-10(13)12-16(14,15)7-6-11(3,4)5/h9H,6-8H2,1-5H3,(H,12,13). The van der Waals surface area contributed by atoms with Crippen LogP contribution in [0.3, 0.4) is 0 Å². The Balaban J connectivity index is 4.21. The van der Waals surface area contributed by atoms with Gasteiger partial charge in [-0.3, -0.25) is 9.52 Å². The highest BCUT2D eigenvalue weighted by atomic mass is 32.2. The second-order valence-corrected chi connectivity index (χ2v) is 7.59. The van der Waals surface area contributed by atoms with E-state index in [2.05, 4.69) is 4.72 Å². The first-order valence-corrected chi connectivity index (χ1v) is 7.20. The van der Waals surface area contributed by atoms with Crippen molar-refractivity contribution in [2.24, 2.45) is 11.3 Å². The van der Waals surface area contributed by atoms with E-state index in [-0.39, 0.29) is 23.5 Å².